The summed E-state index contributed by atoms with van der Waals surface area (Å²) >= 11 is 0. The third kappa shape index (κ3) is 3.32. The Balaban J connectivity index is 1.59. The Morgan fingerprint density at radius 3 is 2.12 bits per heavy atom. The highest BCUT2D eigenvalue weighted by Crippen LogP contribution is 2.65. The van der Waals surface area contributed by atoms with Crippen molar-refractivity contribution in [1.82, 2.24) is 5.01 Å². The number of carbonyl (C=O) groups excluding carboxylic acids is 3. The zero-order valence-electron chi connectivity index (χ0n) is 22.5. The number of hydrazone groups is 1. The molecule has 0 N–H and O–H groups in total. The second-order valence-corrected chi connectivity index (χ2v) is 10.5. The second-order valence-electron chi connectivity index (χ2n) is 10.5. The maximum absolute atomic E-state index is 14.9. The Kier molecular flexibility index (Phi) is 5.64. The molecule has 4 aromatic rings. The Bertz CT molecular complexity index is 1730. The summed E-state index contributed by atoms with van der Waals surface area (Å²) in [7, 11) is 3.09. The molecular weight excluding hydrogens is 516 g/mol. The third-order valence-corrected chi connectivity index (χ3v) is 8.67. The van der Waals surface area contributed by atoms with Crippen LogP contribution in [0.25, 0.3) is 0 Å². The number of Topliss-reactive ketones (excluding diaryl/α,β-unsaturated/α-hetero) is 3. The van der Waals surface area contributed by atoms with Crippen LogP contribution in [0.2, 0.25) is 0 Å². The average molecular weight is 543 g/mol. The number of hydrogen-bond acceptors (Lipinski definition) is 7. The molecule has 7 heteroatoms. The zero-order chi connectivity index (χ0) is 28.3. The van der Waals surface area contributed by atoms with Crippen molar-refractivity contribution in [2.45, 2.75) is 18.0 Å². The van der Waals surface area contributed by atoms with Gasteiger partial charge < -0.3 is 9.47 Å². The van der Waals surface area contributed by atoms with E-state index < -0.39 is 23.4 Å². The van der Waals surface area contributed by atoms with Crippen LogP contribution in [0.4, 0.5) is 0 Å². The number of ketones is 3. The van der Waals surface area contributed by atoms with E-state index in [0.29, 0.717) is 33.8 Å². The number of fused-ring (bicyclic) bond motifs is 5. The lowest BCUT2D eigenvalue weighted by molar-refractivity contribution is 0.0585. The summed E-state index contributed by atoms with van der Waals surface area (Å²) in [5.41, 5.74) is 1.59. The van der Waals surface area contributed by atoms with Gasteiger partial charge in [0.2, 0.25) is 0 Å². The van der Waals surface area contributed by atoms with Crippen molar-refractivity contribution >= 4 is 23.6 Å². The monoisotopic (exact) mass is 542 g/mol. The summed E-state index contributed by atoms with van der Waals surface area (Å²) in [6.07, 6.45) is 1.70. The van der Waals surface area contributed by atoms with Crippen molar-refractivity contribution < 1.29 is 23.9 Å². The predicted molar refractivity (Wildman–Crippen MR) is 153 cm³/mol. The predicted octanol–water partition coefficient (Wildman–Crippen LogP) is 5.51. The molecule has 4 aromatic carbocycles. The summed E-state index contributed by atoms with van der Waals surface area (Å²) < 4.78 is 11.4. The smallest absolute Gasteiger partial charge is 0.187 e. The van der Waals surface area contributed by atoms with Crippen molar-refractivity contribution in [3.8, 4) is 11.5 Å². The second kappa shape index (κ2) is 9.27. The molecule has 0 bridgehead atoms. The minimum atomic E-state index is -1.69. The lowest BCUT2D eigenvalue weighted by Gasteiger charge is -2.36. The van der Waals surface area contributed by atoms with E-state index in [9.17, 15) is 14.4 Å². The van der Waals surface area contributed by atoms with Gasteiger partial charge >= 0.3 is 0 Å². The molecule has 1 fully saturated rings. The Morgan fingerprint density at radius 1 is 0.780 bits per heavy atom. The Morgan fingerprint density at radius 2 is 1.44 bits per heavy atom. The molecule has 202 valence electrons. The number of carbonyl (C=O) groups is 3. The van der Waals surface area contributed by atoms with Gasteiger partial charge in [0.1, 0.15) is 23.0 Å². The highest BCUT2D eigenvalue weighted by atomic mass is 16.5. The van der Waals surface area contributed by atoms with Crippen LogP contribution >= 0.6 is 0 Å². The molecule has 7 rings (SSSR count). The van der Waals surface area contributed by atoms with Gasteiger partial charge in [-0.1, -0.05) is 78.9 Å². The lowest BCUT2D eigenvalue weighted by atomic mass is 9.62. The standard InChI is InChI=1S/C34H26N2O5/c1-40-22-16-17-27(41-2)26(18-22)28-29(30(37)20-10-4-3-5-11-20)36-31(23-13-7-6-12-21(23)19-35-36)34(28)32(38)24-14-8-9-15-25(24)33(34)39/h3-19,28-29,31H,1-2H3/t28-,29+,31-/m0/s1. The number of ether oxygens (including phenoxy) is 2. The van der Waals surface area contributed by atoms with Crippen LogP contribution in [-0.4, -0.2) is 48.8 Å². The maximum Gasteiger partial charge on any atom is 0.187 e. The zero-order valence-corrected chi connectivity index (χ0v) is 22.5. The van der Waals surface area contributed by atoms with Crippen LogP contribution in [0.1, 0.15) is 59.7 Å². The van der Waals surface area contributed by atoms with Crippen molar-refractivity contribution in [1.29, 1.82) is 0 Å². The quantitative estimate of drug-likeness (QED) is 0.244. The molecular formula is C34H26N2O5. The van der Waals surface area contributed by atoms with Gasteiger partial charge in [0.05, 0.1) is 26.5 Å². The van der Waals surface area contributed by atoms with Crippen molar-refractivity contribution in [2.75, 3.05) is 14.2 Å². The molecule has 1 spiro atoms. The number of methoxy groups -OCH3 is 2. The van der Waals surface area contributed by atoms with Gasteiger partial charge in [-0.25, -0.2) is 0 Å². The molecule has 0 saturated carbocycles. The highest BCUT2D eigenvalue weighted by Gasteiger charge is 2.73. The molecule has 0 amide bonds. The van der Waals surface area contributed by atoms with Crippen LogP contribution < -0.4 is 9.47 Å². The van der Waals surface area contributed by atoms with E-state index in [-0.39, 0.29) is 17.3 Å². The summed E-state index contributed by atoms with van der Waals surface area (Å²) in [6, 6.07) is 26.9. The van der Waals surface area contributed by atoms with E-state index in [2.05, 4.69) is 0 Å². The van der Waals surface area contributed by atoms with E-state index >= 15 is 0 Å². The maximum atomic E-state index is 14.9. The number of hydrogen-bond donors (Lipinski definition) is 0. The largest absolute Gasteiger partial charge is 0.497 e. The first-order valence-corrected chi connectivity index (χ1v) is 13.4. The summed E-state index contributed by atoms with van der Waals surface area (Å²) in [4.78, 5) is 44.3. The molecule has 0 radical (unpaired) electrons. The van der Waals surface area contributed by atoms with E-state index in [4.69, 9.17) is 14.6 Å². The first kappa shape index (κ1) is 25.0. The fourth-order valence-electron chi connectivity index (χ4n) is 6.97. The SMILES string of the molecule is COc1ccc(OC)c([C@H]2[C@H](C(=O)c3ccccc3)N3N=Cc4ccccc4[C@H]3C23C(=O)c2ccccc2C3=O)c1. The first-order chi connectivity index (χ1) is 20.0. The van der Waals surface area contributed by atoms with E-state index in [1.165, 1.54) is 7.11 Å². The van der Waals surface area contributed by atoms with Gasteiger partial charge in [0.25, 0.3) is 0 Å². The van der Waals surface area contributed by atoms with Crippen LogP contribution in [0.3, 0.4) is 0 Å². The summed E-state index contributed by atoms with van der Waals surface area (Å²) in [6.45, 7) is 0. The van der Waals surface area contributed by atoms with Gasteiger partial charge in [-0.05, 0) is 29.3 Å². The average Bonchev–Trinajstić information content (AvgIpc) is 3.46. The van der Waals surface area contributed by atoms with Gasteiger partial charge in [0, 0.05) is 28.2 Å². The summed E-state index contributed by atoms with van der Waals surface area (Å²) in [5.74, 6) is -0.853. The van der Waals surface area contributed by atoms with Crippen LogP contribution in [0, 0.1) is 5.41 Å². The van der Waals surface area contributed by atoms with Crippen molar-refractivity contribution in [3.63, 3.8) is 0 Å². The van der Waals surface area contributed by atoms with Gasteiger partial charge in [-0.3, -0.25) is 19.4 Å². The molecule has 2 aliphatic heterocycles. The number of nitrogens with zero attached hydrogens (tertiary/aromatic N) is 2. The van der Waals surface area contributed by atoms with Crippen molar-refractivity contribution in [2.24, 2.45) is 10.5 Å². The number of rotatable bonds is 5. The minimum absolute atomic E-state index is 0.240. The molecule has 7 nitrogen and oxygen atoms in total. The van der Waals surface area contributed by atoms with Crippen LogP contribution in [0.15, 0.2) is 102 Å². The normalized spacial score (nSPS) is 21.4. The van der Waals surface area contributed by atoms with Gasteiger partial charge in [0.15, 0.2) is 17.3 Å². The molecule has 3 atom stereocenters. The minimum Gasteiger partial charge on any atom is -0.497 e. The Hall–Kier alpha value is -5.04. The number of benzene rings is 4. The van der Waals surface area contributed by atoms with Crippen LogP contribution in [-0.2, 0) is 0 Å². The van der Waals surface area contributed by atoms with Crippen LogP contribution in [0.5, 0.6) is 11.5 Å². The topological polar surface area (TPSA) is 85.3 Å². The molecule has 0 unspecified atom stereocenters. The first-order valence-electron chi connectivity index (χ1n) is 13.4. The molecule has 3 aliphatic rings. The third-order valence-electron chi connectivity index (χ3n) is 8.67. The molecule has 2 heterocycles. The fourth-order valence-corrected chi connectivity index (χ4v) is 6.97. The van der Waals surface area contributed by atoms with Gasteiger partial charge in [-0.15, -0.1) is 0 Å². The summed E-state index contributed by atoms with van der Waals surface area (Å²) in [5, 5.41) is 6.48. The van der Waals surface area contributed by atoms with Crippen molar-refractivity contribution in [3.05, 3.63) is 130 Å². The molecule has 0 aromatic heterocycles. The lowest BCUT2D eigenvalue weighted by Crippen LogP contribution is -2.44. The van der Waals surface area contributed by atoms with E-state index in [1.54, 1.807) is 85.1 Å². The molecule has 41 heavy (non-hydrogen) atoms. The Labute approximate surface area is 237 Å². The van der Waals surface area contributed by atoms with E-state index in [1.807, 2.05) is 30.3 Å². The molecule has 1 aliphatic carbocycles. The molecule has 1 saturated heterocycles. The van der Waals surface area contributed by atoms with E-state index in [0.717, 1.165) is 11.1 Å². The fraction of sp³-hybridized carbons (Fsp3) is 0.176. The van der Waals surface area contributed by atoms with Gasteiger partial charge in [-0.2, -0.15) is 5.10 Å². The highest BCUT2D eigenvalue weighted by molar-refractivity contribution is 6.31.